The van der Waals surface area contributed by atoms with Gasteiger partial charge >= 0.3 is 0 Å². The van der Waals surface area contributed by atoms with Crippen molar-refractivity contribution in [2.45, 2.75) is 53.9 Å². The highest BCUT2D eigenvalue weighted by atomic mass is 16.5. The highest BCUT2D eigenvalue weighted by Crippen LogP contribution is 2.40. The molecule has 2 heteroatoms. The number of nitrogens with zero attached hydrogens (tertiary/aromatic N) is 1. The summed E-state index contributed by atoms with van der Waals surface area (Å²) in [5, 5.41) is 0. The van der Waals surface area contributed by atoms with Crippen molar-refractivity contribution in [3.8, 4) is 5.75 Å². The first-order valence-electron chi connectivity index (χ1n) is 10.4. The van der Waals surface area contributed by atoms with Crippen molar-refractivity contribution in [1.82, 2.24) is 0 Å². The van der Waals surface area contributed by atoms with Gasteiger partial charge in [0.2, 0.25) is 0 Å². The molecule has 0 bridgehead atoms. The second-order valence-corrected chi connectivity index (χ2v) is 8.42. The Labute approximate surface area is 177 Å². The second kappa shape index (κ2) is 10.8. The third-order valence-electron chi connectivity index (χ3n) is 5.41. The molecule has 154 valence electrons. The molecule has 0 saturated carbocycles. The van der Waals surface area contributed by atoms with Crippen LogP contribution in [0.4, 0.5) is 5.69 Å². The molecule has 0 amide bonds. The zero-order valence-corrected chi connectivity index (χ0v) is 18.8. The van der Waals surface area contributed by atoms with Crippen molar-refractivity contribution in [2.75, 3.05) is 7.11 Å². The number of ether oxygens (including phenoxy) is 1. The standard InChI is InChI=1S/C27H35NO/c1-21(12-17-26-23(3)11-8-19-27(26,4)5)9-7-10-22(2)18-20-28-24-13-15-25(29-6)16-14-24/h7,9-10,12-18,20H,8,11,19H2,1-6H3/b10-7+,17-12+,21-9+,22-18+,28-20?. The quantitative estimate of drug-likeness (QED) is 0.343. The van der Waals surface area contributed by atoms with Crippen LogP contribution in [0, 0.1) is 5.41 Å². The van der Waals surface area contributed by atoms with Crippen LogP contribution < -0.4 is 4.74 Å². The van der Waals surface area contributed by atoms with Gasteiger partial charge in [0.1, 0.15) is 5.75 Å². The lowest BCUT2D eigenvalue weighted by Crippen LogP contribution is -2.19. The Morgan fingerprint density at radius 3 is 2.38 bits per heavy atom. The minimum absolute atomic E-state index is 0.289. The first-order valence-corrected chi connectivity index (χ1v) is 10.4. The monoisotopic (exact) mass is 389 g/mol. The third kappa shape index (κ3) is 7.38. The van der Waals surface area contributed by atoms with Gasteiger partial charge in [-0.1, -0.05) is 55.4 Å². The van der Waals surface area contributed by atoms with Crippen LogP contribution >= 0.6 is 0 Å². The molecular weight excluding hydrogens is 354 g/mol. The lowest BCUT2D eigenvalue weighted by atomic mass is 9.72. The minimum atomic E-state index is 0.289. The zero-order valence-electron chi connectivity index (χ0n) is 18.8. The Balaban J connectivity index is 1.94. The van der Waals surface area contributed by atoms with Crippen molar-refractivity contribution in [3.63, 3.8) is 0 Å². The maximum atomic E-state index is 5.16. The Morgan fingerprint density at radius 1 is 1.03 bits per heavy atom. The van der Waals surface area contributed by atoms with Gasteiger partial charge in [-0.3, -0.25) is 4.99 Å². The lowest BCUT2D eigenvalue weighted by molar-refractivity contribution is 0.377. The van der Waals surface area contributed by atoms with E-state index in [9.17, 15) is 0 Å². The van der Waals surface area contributed by atoms with Crippen LogP contribution in [0.2, 0.25) is 0 Å². The Bertz CT molecular complexity index is 858. The SMILES string of the molecule is COc1ccc(N=C/C=C(C)/C=C/C=C(C)/C=C/C2=C(C)CCCC2(C)C)cc1. The number of rotatable bonds is 7. The summed E-state index contributed by atoms with van der Waals surface area (Å²) < 4.78 is 5.16. The van der Waals surface area contributed by atoms with E-state index in [1.807, 2.05) is 36.6 Å². The zero-order chi connectivity index (χ0) is 21.3. The largest absolute Gasteiger partial charge is 0.497 e. The van der Waals surface area contributed by atoms with Gasteiger partial charge < -0.3 is 4.74 Å². The topological polar surface area (TPSA) is 21.6 Å². The molecule has 1 aromatic carbocycles. The van der Waals surface area contributed by atoms with E-state index in [0.717, 1.165) is 17.0 Å². The van der Waals surface area contributed by atoms with Gasteiger partial charge in [0.05, 0.1) is 12.8 Å². The number of aliphatic imine (C=N–C) groups is 1. The molecule has 0 N–H and O–H groups in total. The van der Waals surface area contributed by atoms with Crippen molar-refractivity contribution < 1.29 is 4.74 Å². The molecule has 29 heavy (non-hydrogen) atoms. The van der Waals surface area contributed by atoms with E-state index < -0.39 is 0 Å². The average molecular weight is 390 g/mol. The molecule has 0 aliphatic heterocycles. The van der Waals surface area contributed by atoms with E-state index >= 15 is 0 Å². The van der Waals surface area contributed by atoms with Crippen LogP contribution in [0.15, 0.2) is 88.0 Å². The fraction of sp³-hybridized carbons (Fsp3) is 0.370. The van der Waals surface area contributed by atoms with Crippen LogP contribution in [0.5, 0.6) is 5.75 Å². The van der Waals surface area contributed by atoms with Crippen LogP contribution in [0.3, 0.4) is 0 Å². The van der Waals surface area contributed by atoms with Crippen molar-refractivity contribution >= 4 is 11.9 Å². The normalized spacial score (nSPS) is 18.4. The number of benzene rings is 1. The van der Waals surface area contributed by atoms with Crippen molar-refractivity contribution in [3.05, 3.63) is 83.0 Å². The van der Waals surface area contributed by atoms with E-state index in [-0.39, 0.29) is 5.41 Å². The van der Waals surface area contributed by atoms with Gasteiger partial charge in [0.15, 0.2) is 0 Å². The molecule has 0 saturated heterocycles. The van der Waals surface area contributed by atoms with E-state index in [1.54, 1.807) is 7.11 Å². The molecule has 1 aromatic rings. The van der Waals surface area contributed by atoms with Crippen molar-refractivity contribution in [2.24, 2.45) is 10.4 Å². The van der Waals surface area contributed by atoms with Crippen molar-refractivity contribution in [1.29, 1.82) is 0 Å². The van der Waals surface area contributed by atoms with Gasteiger partial charge in [0.25, 0.3) is 0 Å². The molecule has 0 spiro atoms. The number of hydrogen-bond donors (Lipinski definition) is 0. The van der Waals surface area contributed by atoms with Gasteiger partial charge in [-0.25, -0.2) is 0 Å². The maximum absolute atomic E-state index is 5.16. The minimum Gasteiger partial charge on any atom is -0.497 e. The van der Waals surface area contributed by atoms with Crippen LogP contribution in [0.25, 0.3) is 0 Å². The molecule has 0 aromatic heterocycles. The molecule has 0 atom stereocenters. The summed E-state index contributed by atoms with van der Waals surface area (Å²) in [7, 11) is 1.66. The Hall–Kier alpha value is -2.61. The molecule has 2 rings (SSSR count). The summed E-state index contributed by atoms with van der Waals surface area (Å²) in [6.07, 6.45) is 18.6. The Morgan fingerprint density at radius 2 is 1.72 bits per heavy atom. The fourth-order valence-corrected chi connectivity index (χ4v) is 3.60. The number of hydrogen-bond acceptors (Lipinski definition) is 2. The molecule has 0 heterocycles. The summed E-state index contributed by atoms with van der Waals surface area (Å²) in [4.78, 5) is 4.44. The molecule has 0 unspecified atom stereocenters. The smallest absolute Gasteiger partial charge is 0.119 e. The maximum Gasteiger partial charge on any atom is 0.119 e. The third-order valence-corrected chi connectivity index (χ3v) is 5.41. The van der Waals surface area contributed by atoms with Gasteiger partial charge in [-0.15, -0.1) is 0 Å². The van der Waals surface area contributed by atoms with Crippen LogP contribution in [-0.2, 0) is 0 Å². The average Bonchev–Trinajstić information content (AvgIpc) is 2.67. The Kier molecular flexibility index (Phi) is 8.45. The first kappa shape index (κ1) is 22.7. The summed E-state index contributed by atoms with van der Waals surface area (Å²) in [6.45, 7) is 11.2. The van der Waals surface area contributed by atoms with Crippen LogP contribution in [-0.4, -0.2) is 13.3 Å². The molecule has 1 aliphatic rings. The summed E-state index contributed by atoms with van der Waals surface area (Å²) in [5.41, 5.74) is 6.65. The van der Waals surface area contributed by atoms with Crippen LogP contribution in [0.1, 0.15) is 53.9 Å². The van der Waals surface area contributed by atoms with E-state index in [2.05, 4.69) is 70.0 Å². The van der Waals surface area contributed by atoms with E-state index in [1.165, 1.54) is 36.0 Å². The predicted molar refractivity (Wildman–Crippen MR) is 127 cm³/mol. The van der Waals surface area contributed by atoms with Gasteiger partial charge in [0, 0.05) is 6.21 Å². The fourth-order valence-electron chi connectivity index (χ4n) is 3.60. The summed E-state index contributed by atoms with van der Waals surface area (Å²) in [6, 6.07) is 7.71. The highest BCUT2D eigenvalue weighted by molar-refractivity contribution is 5.76. The molecule has 1 aliphatic carbocycles. The number of allylic oxidation sites excluding steroid dienone is 10. The van der Waals surface area contributed by atoms with E-state index in [4.69, 9.17) is 4.74 Å². The van der Waals surface area contributed by atoms with Gasteiger partial charge in [-0.2, -0.15) is 0 Å². The number of methoxy groups -OCH3 is 1. The highest BCUT2D eigenvalue weighted by Gasteiger charge is 2.26. The summed E-state index contributed by atoms with van der Waals surface area (Å²) >= 11 is 0. The molecular formula is C27H35NO. The first-order chi connectivity index (χ1) is 13.8. The summed E-state index contributed by atoms with van der Waals surface area (Å²) in [5.74, 6) is 0.841. The predicted octanol–water partition coefficient (Wildman–Crippen LogP) is 7.93. The van der Waals surface area contributed by atoms with E-state index in [0.29, 0.717) is 0 Å². The molecule has 2 nitrogen and oxygen atoms in total. The second-order valence-electron chi connectivity index (χ2n) is 8.42. The molecule has 0 radical (unpaired) electrons. The van der Waals surface area contributed by atoms with Gasteiger partial charge in [-0.05, 0) is 86.9 Å². The molecule has 0 fully saturated rings. The lowest BCUT2D eigenvalue weighted by Gasteiger charge is -2.32.